The summed E-state index contributed by atoms with van der Waals surface area (Å²) in [6.07, 6.45) is 2.89. The van der Waals surface area contributed by atoms with Crippen LogP contribution >= 0.6 is 0 Å². The molecular weight excluding hydrogens is 396 g/mol. The van der Waals surface area contributed by atoms with E-state index in [1.54, 1.807) is 0 Å². The molecule has 0 spiro atoms. The molecule has 1 aliphatic heterocycles. The van der Waals surface area contributed by atoms with Crippen molar-refractivity contribution in [2.75, 3.05) is 32.7 Å². The number of para-hydroxylation sites is 1. The number of aromatic nitrogens is 1. The molecular formula is C25H29F2N3O. The Morgan fingerprint density at radius 3 is 2.52 bits per heavy atom. The molecule has 0 aliphatic carbocycles. The first-order valence-corrected chi connectivity index (χ1v) is 11.1. The molecule has 1 saturated heterocycles. The average molecular weight is 426 g/mol. The lowest BCUT2D eigenvalue weighted by Crippen LogP contribution is -2.48. The number of aryl methyl sites for hydroxylation is 1. The van der Waals surface area contributed by atoms with E-state index >= 15 is 0 Å². The molecule has 2 aromatic carbocycles. The van der Waals surface area contributed by atoms with E-state index < -0.39 is 17.6 Å². The topological polar surface area (TPSA) is 39.3 Å². The number of rotatable bonds is 6. The van der Waals surface area contributed by atoms with Gasteiger partial charge in [0.2, 0.25) is 5.91 Å². The highest BCUT2D eigenvalue weighted by molar-refractivity contribution is 5.88. The fourth-order valence-corrected chi connectivity index (χ4v) is 4.61. The summed E-state index contributed by atoms with van der Waals surface area (Å²) in [5.41, 5.74) is 3.40. The van der Waals surface area contributed by atoms with Crippen LogP contribution in [-0.4, -0.2) is 53.4 Å². The number of nitrogens with one attached hydrogen (secondary N) is 1. The Hall–Kier alpha value is -2.73. The van der Waals surface area contributed by atoms with Crippen LogP contribution in [0.5, 0.6) is 0 Å². The van der Waals surface area contributed by atoms with Crippen LogP contribution in [-0.2, 0) is 11.2 Å². The number of carbonyl (C=O) groups is 1. The van der Waals surface area contributed by atoms with Crippen molar-refractivity contribution in [1.82, 2.24) is 14.8 Å². The van der Waals surface area contributed by atoms with Gasteiger partial charge in [0, 0.05) is 61.7 Å². The lowest BCUT2D eigenvalue weighted by atomic mass is 9.87. The van der Waals surface area contributed by atoms with Crippen molar-refractivity contribution in [3.63, 3.8) is 0 Å². The Morgan fingerprint density at radius 1 is 1.06 bits per heavy atom. The van der Waals surface area contributed by atoms with Crippen molar-refractivity contribution in [2.45, 2.75) is 32.6 Å². The SMILES string of the molecule is CCc1cccc2c(C(CC(=O)N3CCN(CC)CC3)c3ccc(F)cc3F)c[nH]c12. The van der Waals surface area contributed by atoms with Crippen molar-refractivity contribution < 1.29 is 13.6 Å². The van der Waals surface area contributed by atoms with Gasteiger partial charge in [0.05, 0.1) is 0 Å². The zero-order valence-corrected chi connectivity index (χ0v) is 18.1. The molecule has 1 unspecified atom stereocenters. The molecule has 0 saturated carbocycles. The lowest BCUT2D eigenvalue weighted by molar-refractivity contribution is -0.133. The largest absolute Gasteiger partial charge is 0.361 e. The normalized spacial score (nSPS) is 16.1. The smallest absolute Gasteiger partial charge is 0.223 e. The minimum absolute atomic E-state index is 0.00507. The molecule has 164 valence electrons. The van der Waals surface area contributed by atoms with Gasteiger partial charge >= 0.3 is 0 Å². The molecule has 1 N–H and O–H groups in total. The second kappa shape index (κ2) is 9.18. The van der Waals surface area contributed by atoms with Crippen LogP contribution in [0.2, 0.25) is 0 Å². The zero-order valence-electron chi connectivity index (χ0n) is 18.1. The van der Waals surface area contributed by atoms with Crippen molar-refractivity contribution >= 4 is 16.8 Å². The Balaban J connectivity index is 1.70. The summed E-state index contributed by atoms with van der Waals surface area (Å²) >= 11 is 0. The summed E-state index contributed by atoms with van der Waals surface area (Å²) in [6, 6.07) is 9.69. The van der Waals surface area contributed by atoms with Gasteiger partial charge in [-0.2, -0.15) is 0 Å². The quantitative estimate of drug-likeness (QED) is 0.622. The summed E-state index contributed by atoms with van der Waals surface area (Å²) in [5.74, 6) is -1.72. The zero-order chi connectivity index (χ0) is 22.0. The third-order valence-electron chi connectivity index (χ3n) is 6.48. The Bertz CT molecular complexity index is 1070. The van der Waals surface area contributed by atoms with Crippen molar-refractivity contribution in [3.05, 3.63) is 70.9 Å². The van der Waals surface area contributed by atoms with E-state index in [-0.39, 0.29) is 12.3 Å². The number of likely N-dealkylation sites (N-methyl/N-ethyl adjacent to an activating group) is 1. The van der Waals surface area contributed by atoms with Gasteiger partial charge in [-0.1, -0.05) is 38.1 Å². The predicted octanol–water partition coefficient (Wildman–Crippen LogP) is 4.69. The fraction of sp³-hybridized carbons (Fsp3) is 0.400. The molecule has 4 rings (SSSR count). The average Bonchev–Trinajstić information content (AvgIpc) is 3.22. The Kier molecular flexibility index (Phi) is 6.37. The number of hydrogen-bond acceptors (Lipinski definition) is 2. The number of benzene rings is 2. The molecule has 4 nitrogen and oxygen atoms in total. The number of halogens is 2. The standard InChI is InChI=1S/C25H29F2N3O/c1-3-17-6-5-7-20-22(16-28-25(17)20)21(19-9-8-18(26)14-23(19)27)15-24(31)30-12-10-29(4-2)11-13-30/h5-9,14,16,21,28H,3-4,10-13,15H2,1-2H3. The van der Waals surface area contributed by atoms with E-state index in [4.69, 9.17) is 0 Å². The monoisotopic (exact) mass is 425 g/mol. The molecule has 0 bridgehead atoms. The molecule has 1 atom stereocenters. The van der Waals surface area contributed by atoms with Gasteiger partial charge in [-0.15, -0.1) is 0 Å². The van der Waals surface area contributed by atoms with Crippen LogP contribution in [0.15, 0.2) is 42.6 Å². The van der Waals surface area contributed by atoms with Crippen molar-refractivity contribution in [3.8, 4) is 0 Å². The van der Waals surface area contributed by atoms with Crippen molar-refractivity contribution in [1.29, 1.82) is 0 Å². The van der Waals surface area contributed by atoms with E-state index in [2.05, 4.69) is 29.8 Å². The molecule has 1 fully saturated rings. The van der Waals surface area contributed by atoms with E-state index in [0.717, 1.165) is 48.6 Å². The van der Waals surface area contributed by atoms with E-state index in [1.807, 2.05) is 23.2 Å². The van der Waals surface area contributed by atoms with Gasteiger partial charge < -0.3 is 14.8 Å². The number of aromatic amines is 1. The molecule has 0 radical (unpaired) electrons. The van der Waals surface area contributed by atoms with Gasteiger partial charge in [-0.3, -0.25) is 4.79 Å². The number of amides is 1. The number of piperazine rings is 1. The first-order valence-electron chi connectivity index (χ1n) is 11.1. The maximum Gasteiger partial charge on any atom is 0.223 e. The summed E-state index contributed by atoms with van der Waals surface area (Å²) in [6.45, 7) is 8.24. The van der Waals surface area contributed by atoms with Crippen molar-refractivity contribution in [2.24, 2.45) is 0 Å². The van der Waals surface area contributed by atoms with Gasteiger partial charge in [0.15, 0.2) is 0 Å². The molecule has 1 aliphatic rings. The number of hydrogen-bond donors (Lipinski definition) is 1. The van der Waals surface area contributed by atoms with Crippen LogP contribution in [0, 0.1) is 11.6 Å². The lowest BCUT2D eigenvalue weighted by Gasteiger charge is -2.35. The minimum Gasteiger partial charge on any atom is -0.361 e. The van der Waals surface area contributed by atoms with E-state index in [9.17, 15) is 13.6 Å². The summed E-state index contributed by atoms with van der Waals surface area (Å²) in [4.78, 5) is 20.7. The molecule has 1 aromatic heterocycles. The Labute approximate surface area is 181 Å². The van der Waals surface area contributed by atoms with Gasteiger partial charge in [-0.05, 0) is 35.7 Å². The highest BCUT2D eigenvalue weighted by Crippen LogP contribution is 2.36. The van der Waals surface area contributed by atoms with E-state index in [0.29, 0.717) is 18.7 Å². The number of nitrogens with zero attached hydrogens (tertiary/aromatic N) is 2. The molecule has 3 aromatic rings. The summed E-state index contributed by atoms with van der Waals surface area (Å²) < 4.78 is 28.4. The Morgan fingerprint density at radius 2 is 1.84 bits per heavy atom. The number of carbonyl (C=O) groups excluding carboxylic acids is 1. The minimum atomic E-state index is -0.616. The summed E-state index contributed by atoms with van der Waals surface area (Å²) in [7, 11) is 0. The summed E-state index contributed by atoms with van der Waals surface area (Å²) in [5, 5.41) is 0.983. The third kappa shape index (κ3) is 4.35. The maximum absolute atomic E-state index is 14.8. The van der Waals surface area contributed by atoms with E-state index in [1.165, 1.54) is 17.7 Å². The second-order valence-corrected chi connectivity index (χ2v) is 8.17. The van der Waals surface area contributed by atoms with Crippen LogP contribution in [0.4, 0.5) is 8.78 Å². The molecule has 6 heteroatoms. The van der Waals surface area contributed by atoms with Crippen LogP contribution in [0.1, 0.15) is 42.9 Å². The fourth-order valence-electron chi connectivity index (χ4n) is 4.61. The van der Waals surface area contributed by atoms with Crippen LogP contribution in [0.3, 0.4) is 0 Å². The number of H-pyrrole nitrogens is 1. The molecule has 2 heterocycles. The van der Waals surface area contributed by atoms with Gasteiger partial charge in [-0.25, -0.2) is 8.78 Å². The highest BCUT2D eigenvalue weighted by Gasteiger charge is 2.28. The van der Waals surface area contributed by atoms with Gasteiger partial charge in [0.25, 0.3) is 0 Å². The maximum atomic E-state index is 14.8. The van der Waals surface area contributed by atoms with Crippen LogP contribution in [0.25, 0.3) is 10.9 Å². The van der Waals surface area contributed by atoms with Gasteiger partial charge in [0.1, 0.15) is 11.6 Å². The third-order valence-corrected chi connectivity index (χ3v) is 6.48. The molecule has 31 heavy (non-hydrogen) atoms. The molecule has 1 amide bonds. The first-order chi connectivity index (χ1) is 15.0. The second-order valence-electron chi connectivity index (χ2n) is 8.17. The first kappa shape index (κ1) is 21.5. The highest BCUT2D eigenvalue weighted by atomic mass is 19.1. The predicted molar refractivity (Wildman–Crippen MR) is 119 cm³/mol. The van der Waals surface area contributed by atoms with Crippen LogP contribution < -0.4 is 0 Å². The number of fused-ring (bicyclic) bond motifs is 1.